The Morgan fingerprint density at radius 2 is 1.52 bits per heavy atom. The number of anilines is 1. The molecule has 4 aromatic carbocycles. The van der Waals surface area contributed by atoms with Crippen molar-refractivity contribution in [1.82, 2.24) is 10.2 Å². The van der Waals surface area contributed by atoms with Gasteiger partial charge < -0.3 is 15.0 Å². The molecule has 2 amide bonds. The minimum absolute atomic E-state index is 0.0420. The Bertz CT molecular complexity index is 1730. The number of carbonyl (C=O) groups excluding carboxylic acids is 2. The van der Waals surface area contributed by atoms with E-state index in [4.69, 9.17) is 4.74 Å². The SMILES string of the molecule is COc1cccc(N(CC(=O)N(Cc2cccc(Br)c2)C(Cc2ccccc2)C(=O)NC2CCCC2)S(=O)(=O)c2ccccc2)c1. The minimum Gasteiger partial charge on any atom is -0.497 e. The van der Waals surface area contributed by atoms with Gasteiger partial charge in [-0.2, -0.15) is 0 Å². The molecule has 5 rings (SSSR count). The summed E-state index contributed by atoms with van der Waals surface area (Å²) in [5.41, 5.74) is 1.96. The minimum atomic E-state index is -4.19. The molecule has 8 nitrogen and oxygen atoms in total. The second-order valence-electron chi connectivity index (χ2n) is 11.4. The van der Waals surface area contributed by atoms with Gasteiger partial charge in [0.25, 0.3) is 10.0 Å². The van der Waals surface area contributed by atoms with Gasteiger partial charge in [-0.1, -0.05) is 95.5 Å². The highest BCUT2D eigenvalue weighted by Crippen LogP contribution is 2.28. The summed E-state index contributed by atoms with van der Waals surface area (Å²) >= 11 is 3.52. The third-order valence-electron chi connectivity index (χ3n) is 8.17. The molecule has 1 saturated carbocycles. The van der Waals surface area contributed by atoms with E-state index in [-0.39, 0.29) is 35.5 Å². The number of sulfonamides is 1. The van der Waals surface area contributed by atoms with E-state index >= 15 is 0 Å². The molecule has 1 unspecified atom stereocenters. The molecule has 0 saturated heterocycles. The molecule has 0 bridgehead atoms. The monoisotopic (exact) mass is 703 g/mol. The quantitative estimate of drug-likeness (QED) is 0.175. The first-order chi connectivity index (χ1) is 22.2. The number of rotatable bonds is 13. The average Bonchev–Trinajstić information content (AvgIpc) is 3.59. The smallest absolute Gasteiger partial charge is 0.264 e. The van der Waals surface area contributed by atoms with Crippen LogP contribution in [0.1, 0.15) is 36.8 Å². The topological polar surface area (TPSA) is 96.0 Å². The van der Waals surface area contributed by atoms with Crippen LogP contribution >= 0.6 is 15.9 Å². The van der Waals surface area contributed by atoms with Crippen molar-refractivity contribution >= 4 is 43.5 Å². The first kappa shape index (κ1) is 33.2. The average molecular weight is 705 g/mol. The summed E-state index contributed by atoms with van der Waals surface area (Å²) in [6.07, 6.45) is 4.14. The van der Waals surface area contributed by atoms with Crippen molar-refractivity contribution in [2.45, 2.75) is 55.6 Å². The summed E-state index contributed by atoms with van der Waals surface area (Å²) in [5.74, 6) is -0.315. The van der Waals surface area contributed by atoms with Gasteiger partial charge in [-0.15, -0.1) is 0 Å². The molecule has 1 aliphatic rings. The maximum Gasteiger partial charge on any atom is 0.264 e. The molecule has 1 N–H and O–H groups in total. The molecule has 0 radical (unpaired) electrons. The second-order valence-corrected chi connectivity index (χ2v) is 14.2. The lowest BCUT2D eigenvalue weighted by molar-refractivity contribution is -0.140. The molecule has 4 aromatic rings. The molecule has 46 heavy (non-hydrogen) atoms. The van der Waals surface area contributed by atoms with Crippen molar-refractivity contribution in [2.24, 2.45) is 0 Å². The highest BCUT2D eigenvalue weighted by atomic mass is 79.9. The summed E-state index contributed by atoms with van der Waals surface area (Å²) in [7, 11) is -2.69. The van der Waals surface area contributed by atoms with Crippen LogP contribution in [0.2, 0.25) is 0 Å². The molecule has 0 heterocycles. The number of amides is 2. The number of carbonyl (C=O) groups is 2. The lowest BCUT2D eigenvalue weighted by Gasteiger charge is -2.34. The van der Waals surface area contributed by atoms with E-state index in [1.165, 1.54) is 24.1 Å². The van der Waals surface area contributed by atoms with Crippen molar-refractivity contribution in [3.63, 3.8) is 0 Å². The van der Waals surface area contributed by atoms with Gasteiger partial charge in [0.1, 0.15) is 18.3 Å². The van der Waals surface area contributed by atoms with Crippen molar-refractivity contribution < 1.29 is 22.7 Å². The van der Waals surface area contributed by atoms with Gasteiger partial charge in [-0.3, -0.25) is 13.9 Å². The van der Waals surface area contributed by atoms with Gasteiger partial charge in [-0.05, 0) is 60.4 Å². The number of hydrogen-bond donors (Lipinski definition) is 1. The zero-order chi connectivity index (χ0) is 32.5. The van der Waals surface area contributed by atoms with E-state index in [1.807, 2.05) is 54.6 Å². The Morgan fingerprint density at radius 3 is 2.20 bits per heavy atom. The summed E-state index contributed by atoms with van der Waals surface area (Å²) in [5, 5.41) is 3.20. The van der Waals surface area contributed by atoms with Crippen LogP contribution in [-0.4, -0.2) is 50.9 Å². The summed E-state index contributed by atoms with van der Waals surface area (Å²) < 4.78 is 35.6. The number of benzene rings is 4. The van der Waals surface area contributed by atoms with Crippen LogP contribution in [0, 0.1) is 0 Å². The predicted molar refractivity (Wildman–Crippen MR) is 183 cm³/mol. The lowest BCUT2D eigenvalue weighted by atomic mass is 10.0. The predicted octanol–water partition coefficient (Wildman–Crippen LogP) is 6.35. The van der Waals surface area contributed by atoms with Crippen molar-refractivity contribution in [1.29, 1.82) is 0 Å². The Morgan fingerprint density at radius 1 is 0.870 bits per heavy atom. The largest absolute Gasteiger partial charge is 0.497 e. The molecule has 1 aliphatic carbocycles. The van der Waals surface area contributed by atoms with E-state index in [0.29, 0.717) is 5.75 Å². The molecule has 0 aromatic heterocycles. The van der Waals surface area contributed by atoms with Gasteiger partial charge in [0.05, 0.1) is 17.7 Å². The first-order valence-electron chi connectivity index (χ1n) is 15.3. The summed E-state index contributed by atoms with van der Waals surface area (Å²) in [4.78, 5) is 30.3. The van der Waals surface area contributed by atoms with Crippen molar-refractivity contribution in [2.75, 3.05) is 18.0 Å². The molecule has 0 aliphatic heterocycles. The van der Waals surface area contributed by atoms with E-state index in [9.17, 15) is 18.0 Å². The standard InChI is InChI=1S/C36H38BrN3O5S/c1-45-32-19-11-18-31(24-32)40(46(43,44)33-20-6-3-7-21-33)26-35(41)39(25-28-14-10-15-29(37)22-28)34(23-27-12-4-2-5-13-27)36(42)38-30-16-8-9-17-30/h2-7,10-15,18-22,24,30,34H,8-9,16-17,23,25-26H2,1H3,(H,38,42). The Labute approximate surface area is 279 Å². The van der Waals surface area contributed by atoms with Crippen molar-refractivity contribution in [3.05, 3.63) is 125 Å². The third kappa shape index (κ3) is 8.35. The van der Waals surface area contributed by atoms with E-state index in [1.54, 1.807) is 42.5 Å². The van der Waals surface area contributed by atoms with Gasteiger partial charge in [0.2, 0.25) is 11.8 Å². The van der Waals surface area contributed by atoms with Crippen LogP contribution in [0.3, 0.4) is 0 Å². The second kappa shape index (κ2) is 15.4. The summed E-state index contributed by atoms with van der Waals surface area (Å²) in [6.45, 7) is -0.425. The molecule has 1 atom stereocenters. The van der Waals surface area contributed by atoms with Crippen LogP contribution in [0.15, 0.2) is 119 Å². The number of hydrogen-bond acceptors (Lipinski definition) is 5. The van der Waals surface area contributed by atoms with Crippen LogP contribution in [-0.2, 0) is 32.6 Å². The molecule has 1 fully saturated rings. The van der Waals surface area contributed by atoms with Crippen LogP contribution in [0.25, 0.3) is 0 Å². The maximum absolute atomic E-state index is 14.6. The van der Waals surface area contributed by atoms with Gasteiger partial charge in [-0.25, -0.2) is 8.42 Å². The van der Waals surface area contributed by atoms with E-state index in [0.717, 1.165) is 45.6 Å². The van der Waals surface area contributed by atoms with E-state index < -0.39 is 28.5 Å². The third-order valence-corrected chi connectivity index (χ3v) is 10.4. The number of ether oxygens (including phenoxy) is 1. The van der Waals surface area contributed by atoms with Gasteiger partial charge in [0, 0.05) is 29.5 Å². The fraction of sp³-hybridized carbons (Fsp3) is 0.278. The van der Waals surface area contributed by atoms with E-state index in [2.05, 4.69) is 21.2 Å². The first-order valence-corrected chi connectivity index (χ1v) is 17.6. The van der Waals surface area contributed by atoms with Gasteiger partial charge >= 0.3 is 0 Å². The lowest BCUT2D eigenvalue weighted by Crippen LogP contribution is -2.54. The number of methoxy groups -OCH3 is 1. The van der Waals surface area contributed by atoms with Crippen LogP contribution in [0.5, 0.6) is 5.75 Å². The Balaban J connectivity index is 1.57. The Hall–Kier alpha value is -4.15. The molecular weight excluding hydrogens is 666 g/mol. The van der Waals surface area contributed by atoms with Crippen molar-refractivity contribution in [3.8, 4) is 5.75 Å². The van der Waals surface area contributed by atoms with Gasteiger partial charge in [0.15, 0.2) is 0 Å². The van der Waals surface area contributed by atoms with Crippen LogP contribution < -0.4 is 14.4 Å². The fourth-order valence-electron chi connectivity index (χ4n) is 5.77. The zero-order valence-electron chi connectivity index (χ0n) is 25.7. The number of nitrogens with one attached hydrogen (secondary N) is 1. The molecule has 10 heteroatoms. The number of halogens is 1. The molecule has 240 valence electrons. The maximum atomic E-state index is 14.6. The van der Waals surface area contributed by atoms with Crippen LogP contribution in [0.4, 0.5) is 5.69 Å². The number of nitrogens with zero attached hydrogens (tertiary/aromatic N) is 2. The highest BCUT2D eigenvalue weighted by Gasteiger charge is 2.35. The Kier molecular flexibility index (Phi) is 11.1. The molecular formula is C36H38BrN3O5S. The zero-order valence-corrected chi connectivity index (χ0v) is 28.1. The highest BCUT2D eigenvalue weighted by molar-refractivity contribution is 9.10. The summed E-state index contributed by atoms with van der Waals surface area (Å²) in [6, 6.07) is 30.9. The fourth-order valence-corrected chi connectivity index (χ4v) is 7.64. The normalized spacial score (nSPS) is 14.0. The molecule has 0 spiro atoms.